The number of nitrogens with one attached hydrogen (secondary N) is 1. The molecule has 2 aromatic rings. The third kappa shape index (κ3) is 4.11. The number of hydrogen-bond acceptors (Lipinski definition) is 5. The van der Waals surface area contributed by atoms with E-state index in [1.54, 1.807) is 12.3 Å². The molecule has 0 bridgehead atoms. The molecule has 1 amide bonds. The summed E-state index contributed by atoms with van der Waals surface area (Å²) in [6.45, 7) is 2.22. The summed E-state index contributed by atoms with van der Waals surface area (Å²) in [6, 6.07) is 9.86. The first-order chi connectivity index (χ1) is 9.66. The predicted octanol–water partition coefficient (Wildman–Crippen LogP) is 1.82. The maximum Gasteiger partial charge on any atom is 0.272 e. The minimum absolute atomic E-state index is 0.0757. The Balaban J connectivity index is 2.00. The first-order valence-corrected chi connectivity index (χ1v) is 7.28. The summed E-state index contributed by atoms with van der Waals surface area (Å²) >= 11 is 1.15. The fraction of sp³-hybridized carbons (Fsp3) is 0.357. The van der Waals surface area contributed by atoms with E-state index in [0.29, 0.717) is 18.7 Å². The number of rotatable bonds is 6. The highest BCUT2D eigenvalue weighted by Gasteiger charge is 2.16. The lowest BCUT2D eigenvalue weighted by Gasteiger charge is -2.19. The van der Waals surface area contributed by atoms with Crippen LogP contribution in [0.4, 0.5) is 0 Å². The summed E-state index contributed by atoms with van der Waals surface area (Å²) < 4.78 is 3.67. The van der Waals surface area contributed by atoms with Crippen molar-refractivity contribution in [1.29, 1.82) is 0 Å². The molecule has 0 aliphatic carbocycles. The van der Waals surface area contributed by atoms with E-state index in [4.69, 9.17) is 0 Å². The van der Waals surface area contributed by atoms with Crippen LogP contribution in [0.5, 0.6) is 0 Å². The van der Waals surface area contributed by atoms with Crippen LogP contribution in [0.15, 0.2) is 35.7 Å². The lowest BCUT2D eigenvalue weighted by Crippen LogP contribution is -2.30. The zero-order chi connectivity index (χ0) is 14.4. The van der Waals surface area contributed by atoms with Crippen LogP contribution in [0.2, 0.25) is 0 Å². The molecule has 0 saturated heterocycles. The minimum atomic E-state index is -0.418. The van der Waals surface area contributed by atoms with Crippen molar-refractivity contribution in [3.8, 4) is 0 Å². The zero-order valence-electron chi connectivity index (χ0n) is 11.2. The van der Waals surface area contributed by atoms with Crippen LogP contribution < -0.4 is 5.32 Å². The van der Waals surface area contributed by atoms with Crippen molar-refractivity contribution in [2.75, 3.05) is 6.54 Å². The topological polar surface area (TPSA) is 75.1 Å². The molecular formula is C14H17N3O2S. The molecule has 106 valence electrons. The Kier molecular flexibility index (Phi) is 5.20. The number of carbonyl (C=O) groups is 1. The molecule has 0 saturated carbocycles. The summed E-state index contributed by atoms with van der Waals surface area (Å²) in [7, 11) is 0. The van der Waals surface area contributed by atoms with Crippen LogP contribution >= 0.6 is 11.5 Å². The van der Waals surface area contributed by atoms with E-state index in [0.717, 1.165) is 17.1 Å². The van der Waals surface area contributed by atoms with Gasteiger partial charge in [-0.1, -0.05) is 34.8 Å². The predicted molar refractivity (Wildman–Crippen MR) is 77.7 cm³/mol. The van der Waals surface area contributed by atoms with Gasteiger partial charge in [-0.25, -0.2) is 0 Å². The lowest BCUT2D eigenvalue weighted by atomic mass is 9.93. The molecule has 0 aliphatic rings. The van der Waals surface area contributed by atoms with E-state index in [-0.39, 0.29) is 11.8 Å². The number of hydrogen-bond donors (Lipinski definition) is 2. The Bertz CT molecular complexity index is 529. The van der Waals surface area contributed by atoms with Crippen molar-refractivity contribution in [3.05, 3.63) is 47.0 Å². The lowest BCUT2D eigenvalue weighted by molar-refractivity contribution is 0.0940. The standard InChI is InChI=1S/C14H17N3O2S/c1-10(18)7-12(11-5-3-2-4-6-11)8-15-14(19)13-9-20-17-16-13/h2-6,9-10,12,18H,7-8H2,1H3,(H,15,19). The molecule has 1 aromatic carbocycles. The third-order valence-electron chi connectivity index (χ3n) is 3.00. The monoisotopic (exact) mass is 291 g/mol. The van der Waals surface area contributed by atoms with Gasteiger partial charge in [0.2, 0.25) is 0 Å². The largest absolute Gasteiger partial charge is 0.393 e. The van der Waals surface area contributed by atoms with Crippen molar-refractivity contribution in [2.45, 2.75) is 25.4 Å². The van der Waals surface area contributed by atoms with E-state index in [1.165, 1.54) is 0 Å². The first-order valence-electron chi connectivity index (χ1n) is 6.45. The van der Waals surface area contributed by atoms with Crippen molar-refractivity contribution < 1.29 is 9.90 Å². The second-order valence-electron chi connectivity index (χ2n) is 4.69. The molecular weight excluding hydrogens is 274 g/mol. The van der Waals surface area contributed by atoms with E-state index >= 15 is 0 Å². The molecule has 0 fully saturated rings. The van der Waals surface area contributed by atoms with Gasteiger partial charge in [0.05, 0.1) is 6.10 Å². The number of carbonyl (C=O) groups excluding carboxylic acids is 1. The van der Waals surface area contributed by atoms with Crippen LogP contribution in [0.25, 0.3) is 0 Å². The SMILES string of the molecule is CC(O)CC(CNC(=O)c1csnn1)c1ccccc1. The van der Waals surface area contributed by atoms with Crippen molar-refractivity contribution >= 4 is 17.4 Å². The summed E-state index contributed by atoms with van der Waals surface area (Å²) in [4.78, 5) is 11.9. The molecule has 0 aliphatic heterocycles. The Morgan fingerprint density at radius 3 is 2.75 bits per heavy atom. The number of benzene rings is 1. The summed E-state index contributed by atoms with van der Waals surface area (Å²) in [5, 5.41) is 17.8. The number of amides is 1. The van der Waals surface area contributed by atoms with Crippen LogP contribution in [-0.4, -0.2) is 33.2 Å². The Morgan fingerprint density at radius 2 is 2.15 bits per heavy atom. The van der Waals surface area contributed by atoms with Gasteiger partial charge in [-0.2, -0.15) is 0 Å². The summed E-state index contributed by atoms with van der Waals surface area (Å²) in [6.07, 6.45) is 0.178. The molecule has 2 rings (SSSR count). The maximum atomic E-state index is 11.9. The number of nitrogens with zero attached hydrogens (tertiary/aromatic N) is 2. The highest BCUT2D eigenvalue weighted by atomic mass is 32.1. The zero-order valence-corrected chi connectivity index (χ0v) is 12.0. The van der Waals surface area contributed by atoms with Gasteiger partial charge in [0.25, 0.3) is 5.91 Å². The van der Waals surface area contributed by atoms with Crippen LogP contribution in [-0.2, 0) is 0 Å². The molecule has 1 aromatic heterocycles. The molecule has 0 spiro atoms. The van der Waals surface area contributed by atoms with E-state index < -0.39 is 6.10 Å². The molecule has 0 radical (unpaired) electrons. The van der Waals surface area contributed by atoms with Gasteiger partial charge in [0, 0.05) is 17.8 Å². The van der Waals surface area contributed by atoms with Crippen molar-refractivity contribution in [1.82, 2.24) is 14.9 Å². The molecule has 2 unspecified atom stereocenters. The van der Waals surface area contributed by atoms with Crippen molar-refractivity contribution in [2.24, 2.45) is 0 Å². The normalized spacial score (nSPS) is 13.7. The summed E-state index contributed by atoms with van der Waals surface area (Å²) in [5.74, 6) is -0.156. The van der Waals surface area contributed by atoms with Crippen LogP contribution in [0, 0.1) is 0 Å². The average Bonchev–Trinajstić information content (AvgIpc) is 2.98. The molecule has 1 heterocycles. The summed E-state index contributed by atoms with van der Waals surface area (Å²) in [5.41, 5.74) is 1.43. The molecule has 20 heavy (non-hydrogen) atoms. The quantitative estimate of drug-likeness (QED) is 0.851. The molecule has 5 nitrogen and oxygen atoms in total. The van der Waals surface area contributed by atoms with E-state index in [2.05, 4.69) is 14.9 Å². The van der Waals surface area contributed by atoms with Gasteiger partial charge in [0.1, 0.15) is 0 Å². The Morgan fingerprint density at radius 1 is 1.40 bits per heavy atom. The van der Waals surface area contributed by atoms with Gasteiger partial charge >= 0.3 is 0 Å². The highest BCUT2D eigenvalue weighted by molar-refractivity contribution is 7.03. The minimum Gasteiger partial charge on any atom is -0.393 e. The Labute approximate surface area is 121 Å². The number of aliphatic hydroxyl groups is 1. The number of aliphatic hydroxyl groups excluding tert-OH is 1. The van der Waals surface area contributed by atoms with Crippen LogP contribution in [0.1, 0.15) is 35.3 Å². The van der Waals surface area contributed by atoms with Gasteiger partial charge in [0.15, 0.2) is 5.69 Å². The fourth-order valence-corrected chi connectivity index (χ4v) is 2.48. The molecule has 2 atom stereocenters. The van der Waals surface area contributed by atoms with Gasteiger partial charge in [-0.05, 0) is 30.4 Å². The fourth-order valence-electron chi connectivity index (χ4n) is 2.04. The second kappa shape index (κ2) is 7.12. The number of aromatic nitrogens is 2. The first kappa shape index (κ1) is 14.6. The van der Waals surface area contributed by atoms with Gasteiger partial charge in [-0.15, -0.1) is 5.10 Å². The van der Waals surface area contributed by atoms with E-state index in [9.17, 15) is 9.90 Å². The van der Waals surface area contributed by atoms with Crippen LogP contribution in [0.3, 0.4) is 0 Å². The highest BCUT2D eigenvalue weighted by Crippen LogP contribution is 2.20. The Hall–Kier alpha value is -1.79. The maximum absolute atomic E-state index is 11.9. The second-order valence-corrected chi connectivity index (χ2v) is 5.30. The van der Waals surface area contributed by atoms with Crippen molar-refractivity contribution in [3.63, 3.8) is 0 Å². The van der Waals surface area contributed by atoms with E-state index in [1.807, 2.05) is 30.3 Å². The van der Waals surface area contributed by atoms with Gasteiger partial charge in [-0.3, -0.25) is 4.79 Å². The molecule has 6 heteroatoms. The molecule has 2 N–H and O–H groups in total. The third-order valence-corrected chi connectivity index (χ3v) is 3.50. The average molecular weight is 291 g/mol. The van der Waals surface area contributed by atoms with Gasteiger partial charge < -0.3 is 10.4 Å². The smallest absolute Gasteiger partial charge is 0.272 e.